The molecule has 1 aliphatic rings. The van der Waals surface area contributed by atoms with Gasteiger partial charge in [-0.2, -0.15) is 0 Å². The zero-order valence-electron chi connectivity index (χ0n) is 49.9. The van der Waals surface area contributed by atoms with Crippen LogP contribution in [0.1, 0.15) is 134 Å². The highest BCUT2D eigenvalue weighted by Crippen LogP contribution is 2.21. The molecule has 1 aliphatic heterocycles. The first-order chi connectivity index (χ1) is 38.5. The summed E-state index contributed by atoms with van der Waals surface area (Å²) in [4.78, 5) is 166. The molecular weight excluding hydrogens is 1090 g/mol. The van der Waals surface area contributed by atoms with E-state index >= 15 is 0 Å². The minimum atomic E-state index is -1.78. The van der Waals surface area contributed by atoms with Crippen LogP contribution in [0.25, 0.3) is 0 Å². The van der Waals surface area contributed by atoms with Gasteiger partial charge in [0.15, 0.2) is 5.96 Å². The van der Waals surface area contributed by atoms with Gasteiger partial charge < -0.3 is 90.4 Å². The molecule has 83 heavy (non-hydrogen) atoms. The van der Waals surface area contributed by atoms with Crippen LogP contribution in [0.4, 0.5) is 0 Å². The Morgan fingerprint density at radius 2 is 1.06 bits per heavy atom. The number of rotatable bonds is 36. The van der Waals surface area contributed by atoms with Gasteiger partial charge in [0.25, 0.3) is 0 Å². The smallest absolute Gasteiger partial charge is 0.326 e. The fraction of sp³-hybridized carbons (Fsp3) is 0.755. The zero-order chi connectivity index (χ0) is 63.7. The molecule has 0 aliphatic carbocycles. The molecule has 0 saturated carbocycles. The number of hydrogen-bond donors (Lipinski definition) is 16. The van der Waals surface area contributed by atoms with Crippen molar-refractivity contribution in [1.82, 2.24) is 52.8 Å². The maximum atomic E-state index is 14.3. The van der Waals surface area contributed by atoms with E-state index in [4.69, 9.17) is 17.2 Å². The van der Waals surface area contributed by atoms with E-state index in [0.717, 1.165) is 0 Å². The SMILES string of the molecule is CC[C@H](C)[C@H](NC(=O)CNC(=O)[C@@H]1CCCN1C(=O)[C@H](CC(C)C)NC(=O)[C@H](CC(=O)O)NC(=O)[C@@H](NC(=O)[C@H](CC(C)C)NC(=O)[C@@H](N)[C@@H](C)O)C(C)C)C(=O)N[C@H](C(=O)N[C@@H](CCCN=C(N)N)C(=O)N[C@H](C(=O)O)C(C)C)[C@@H](C)O. The molecule has 0 unspecified atom stereocenters. The molecule has 13 atom stereocenters. The van der Waals surface area contributed by atoms with Gasteiger partial charge in [-0.25, -0.2) is 4.79 Å². The summed E-state index contributed by atoms with van der Waals surface area (Å²) >= 11 is 0. The van der Waals surface area contributed by atoms with E-state index in [2.05, 4.69) is 52.8 Å². The molecule has 0 bridgehead atoms. The van der Waals surface area contributed by atoms with Gasteiger partial charge in [-0.3, -0.25) is 57.7 Å². The molecule has 0 radical (unpaired) electrons. The number of aliphatic hydroxyl groups is 2. The van der Waals surface area contributed by atoms with Crippen LogP contribution >= 0.6 is 0 Å². The van der Waals surface area contributed by atoms with Gasteiger partial charge in [-0.05, 0) is 82.0 Å². The summed E-state index contributed by atoms with van der Waals surface area (Å²) in [6.07, 6.45) is -2.83. The monoisotopic (exact) mass is 1180 g/mol. The van der Waals surface area contributed by atoms with Gasteiger partial charge in [0.05, 0.1) is 25.2 Å². The number of aliphatic carboxylic acids is 2. The van der Waals surface area contributed by atoms with Gasteiger partial charge in [-0.1, -0.05) is 75.7 Å². The number of aliphatic imine (C=N–C) groups is 1. The summed E-state index contributed by atoms with van der Waals surface area (Å²) in [5.74, 6) is -14.0. The minimum absolute atomic E-state index is 0.00330. The predicted octanol–water partition coefficient (Wildman–Crippen LogP) is -3.88. The molecule has 30 heteroatoms. The van der Waals surface area contributed by atoms with Gasteiger partial charge in [-0.15, -0.1) is 0 Å². The second kappa shape index (κ2) is 35.7. The predicted molar refractivity (Wildman–Crippen MR) is 302 cm³/mol. The number of amides is 10. The van der Waals surface area contributed by atoms with Crippen molar-refractivity contribution in [1.29, 1.82) is 0 Å². The highest BCUT2D eigenvalue weighted by atomic mass is 16.4. The maximum Gasteiger partial charge on any atom is 0.326 e. The highest BCUT2D eigenvalue weighted by Gasteiger charge is 2.41. The van der Waals surface area contributed by atoms with Crippen molar-refractivity contribution in [2.24, 2.45) is 51.8 Å². The second-order valence-corrected chi connectivity index (χ2v) is 22.7. The van der Waals surface area contributed by atoms with Gasteiger partial charge in [0.2, 0.25) is 59.1 Å². The largest absolute Gasteiger partial charge is 0.481 e. The molecule has 1 heterocycles. The summed E-state index contributed by atoms with van der Waals surface area (Å²) in [6.45, 7) is 18.6. The van der Waals surface area contributed by atoms with E-state index in [-0.39, 0.29) is 63.0 Å². The summed E-state index contributed by atoms with van der Waals surface area (Å²) < 4.78 is 0. The molecule has 0 spiro atoms. The number of carbonyl (C=O) groups excluding carboxylic acids is 10. The third-order valence-electron chi connectivity index (χ3n) is 13.7. The van der Waals surface area contributed by atoms with Crippen LogP contribution in [0.3, 0.4) is 0 Å². The third kappa shape index (κ3) is 25.4. The van der Waals surface area contributed by atoms with Crippen molar-refractivity contribution >= 4 is 77.0 Å². The lowest BCUT2D eigenvalue weighted by atomic mass is 9.97. The molecule has 30 nitrogen and oxygen atoms in total. The van der Waals surface area contributed by atoms with Crippen LogP contribution in [0.2, 0.25) is 0 Å². The highest BCUT2D eigenvalue weighted by molar-refractivity contribution is 5.99. The molecular formula is C53H94N14O16. The minimum Gasteiger partial charge on any atom is -0.481 e. The lowest BCUT2D eigenvalue weighted by Gasteiger charge is -2.31. The number of carboxylic acid groups (broad SMARTS) is 2. The first-order valence-corrected chi connectivity index (χ1v) is 28.2. The Morgan fingerprint density at radius 1 is 0.578 bits per heavy atom. The number of aliphatic hydroxyl groups excluding tert-OH is 2. The number of guanidine groups is 1. The quantitative estimate of drug-likeness (QED) is 0.0162. The van der Waals surface area contributed by atoms with Crippen molar-refractivity contribution in [3.05, 3.63) is 0 Å². The lowest BCUT2D eigenvalue weighted by molar-refractivity contribution is -0.144. The average Bonchev–Trinajstić information content (AvgIpc) is 4.15. The van der Waals surface area contributed by atoms with Crippen molar-refractivity contribution < 1.29 is 78.0 Å². The molecule has 1 fully saturated rings. The van der Waals surface area contributed by atoms with Crippen LogP contribution in [0.5, 0.6) is 0 Å². The zero-order valence-corrected chi connectivity index (χ0v) is 49.9. The second-order valence-electron chi connectivity index (χ2n) is 22.7. The summed E-state index contributed by atoms with van der Waals surface area (Å²) in [7, 11) is 0. The molecule has 472 valence electrons. The molecule has 0 aromatic carbocycles. The fourth-order valence-electron chi connectivity index (χ4n) is 8.75. The Hall–Kier alpha value is -7.21. The number of hydrogen-bond acceptors (Lipinski definition) is 16. The standard InChI is InChI=1S/C53H94N14O16/c1-13-28(10)41(49(79)66-42(30(12)69)50(80)59-31(16-14-18-57-53(55)56)43(73)65-40(27(8)9)52(82)83)63-36(70)23-58-46(76)35-17-15-19-67(35)51(81)34(21-25(4)5)62-44(74)33(22-37(71)72)61-48(78)39(26(6)7)64-45(75)32(20-24(2)3)60-47(77)38(54)29(11)68/h24-35,38-42,68-69H,13-23,54H2,1-12H3,(H,58,76)(H,59,80)(H,60,77)(H,61,78)(H,62,74)(H,63,70)(H,64,75)(H,65,73)(H,66,79)(H,71,72)(H,82,83)(H4,55,56,57)/t28-,29+,30+,31-,32-,33-,34-,35-,38-,39-,40-,41-,42-/m0/s1. The summed E-state index contributed by atoms with van der Waals surface area (Å²) in [5.41, 5.74) is 16.6. The number of carbonyl (C=O) groups is 12. The summed E-state index contributed by atoms with van der Waals surface area (Å²) in [5, 5.41) is 62.3. The average molecular weight is 1180 g/mol. The molecule has 0 aromatic heterocycles. The normalized spacial score (nSPS) is 17.6. The van der Waals surface area contributed by atoms with Gasteiger partial charge in [0, 0.05) is 13.1 Å². The Bertz CT molecular complexity index is 2280. The van der Waals surface area contributed by atoms with E-state index in [1.54, 1.807) is 69.2 Å². The van der Waals surface area contributed by atoms with Crippen molar-refractivity contribution in [2.45, 2.75) is 207 Å². The number of carboxylic acids is 2. The van der Waals surface area contributed by atoms with E-state index in [1.807, 2.05) is 0 Å². The van der Waals surface area contributed by atoms with E-state index in [1.165, 1.54) is 18.7 Å². The van der Waals surface area contributed by atoms with Crippen molar-refractivity contribution in [3.8, 4) is 0 Å². The first-order valence-electron chi connectivity index (χ1n) is 28.2. The van der Waals surface area contributed by atoms with Crippen LogP contribution < -0.4 is 65.1 Å². The Morgan fingerprint density at radius 3 is 1.57 bits per heavy atom. The maximum absolute atomic E-state index is 14.3. The van der Waals surface area contributed by atoms with E-state index in [0.29, 0.717) is 12.8 Å². The summed E-state index contributed by atoms with van der Waals surface area (Å²) in [6, 6.07) is -14.0. The topological polar surface area (TPSA) is 488 Å². The lowest BCUT2D eigenvalue weighted by Crippen LogP contribution is -2.61. The van der Waals surface area contributed by atoms with E-state index < -0.39 is 174 Å². The Balaban J connectivity index is 3.30. The number of nitrogens with two attached hydrogens (primary N) is 3. The first kappa shape index (κ1) is 73.8. The number of nitrogens with one attached hydrogen (secondary N) is 9. The Kier molecular flexibility index (Phi) is 31.8. The molecule has 1 saturated heterocycles. The van der Waals surface area contributed by atoms with Crippen LogP contribution in [-0.2, 0) is 57.5 Å². The third-order valence-corrected chi connectivity index (χ3v) is 13.7. The molecule has 10 amide bonds. The molecule has 19 N–H and O–H groups in total. The molecule has 1 rings (SSSR count). The van der Waals surface area contributed by atoms with Crippen molar-refractivity contribution in [2.75, 3.05) is 19.6 Å². The fourth-order valence-corrected chi connectivity index (χ4v) is 8.75. The Labute approximate surface area is 484 Å². The van der Waals surface area contributed by atoms with E-state index in [9.17, 15) is 78.0 Å². The molecule has 0 aromatic rings. The van der Waals surface area contributed by atoms with Crippen molar-refractivity contribution in [3.63, 3.8) is 0 Å². The van der Waals surface area contributed by atoms with Gasteiger partial charge >= 0.3 is 11.9 Å². The number of nitrogens with zero attached hydrogens (tertiary/aromatic N) is 2. The number of likely N-dealkylation sites (tertiary alicyclic amines) is 1. The van der Waals surface area contributed by atoms with Crippen LogP contribution in [-0.4, -0.2) is 195 Å². The van der Waals surface area contributed by atoms with Crippen LogP contribution in [0.15, 0.2) is 4.99 Å². The van der Waals surface area contributed by atoms with Gasteiger partial charge in [0.1, 0.15) is 60.4 Å². The van der Waals surface area contributed by atoms with Crippen LogP contribution in [0, 0.1) is 29.6 Å².